The number of carboxylic acids is 1. The lowest BCUT2D eigenvalue weighted by Crippen LogP contribution is -2.48. The average molecular weight is 211 g/mol. The van der Waals surface area contributed by atoms with Crippen molar-refractivity contribution in [2.24, 2.45) is 5.73 Å². The summed E-state index contributed by atoms with van der Waals surface area (Å²) in [6.07, 6.45) is 5.25. The lowest BCUT2D eigenvalue weighted by Gasteiger charge is -2.20. The van der Waals surface area contributed by atoms with Crippen LogP contribution in [0.4, 0.5) is 0 Å². The van der Waals surface area contributed by atoms with E-state index in [2.05, 4.69) is 11.9 Å². The van der Waals surface area contributed by atoms with E-state index in [-0.39, 0.29) is 6.54 Å². The van der Waals surface area contributed by atoms with Gasteiger partial charge in [-0.2, -0.15) is 0 Å². The van der Waals surface area contributed by atoms with Gasteiger partial charge in [0.2, 0.25) is 0 Å². The van der Waals surface area contributed by atoms with Crippen LogP contribution in [0, 0.1) is 0 Å². The number of nitrogens with zero attached hydrogens (tertiary/aromatic N) is 2. The van der Waals surface area contributed by atoms with E-state index >= 15 is 0 Å². The number of imidazole rings is 1. The summed E-state index contributed by atoms with van der Waals surface area (Å²) in [4.78, 5) is 15.0. The van der Waals surface area contributed by atoms with Gasteiger partial charge in [-0.15, -0.1) is 0 Å². The summed E-state index contributed by atoms with van der Waals surface area (Å²) >= 11 is 0. The Morgan fingerprint density at radius 2 is 2.40 bits per heavy atom. The van der Waals surface area contributed by atoms with Crippen LogP contribution in [0.5, 0.6) is 0 Å². The van der Waals surface area contributed by atoms with Crippen LogP contribution in [0.1, 0.15) is 26.1 Å². The van der Waals surface area contributed by atoms with Crippen molar-refractivity contribution in [1.29, 1.82) is 0 Å². The van der Waals surface area contributed by atoms with Gasteiger partial charge >= 0.3 is 5.97 Å². The molecule has 1 rings (SSSR count). The molecular weight excluding hydrogens is 194 g/mol. The predicted molar refractivity (Wildman–Crippen MR) is 56.5 cm³/mol. The fourth-order valence-electron chi connectivity index (χ4n) is 1.36. The monoisotopic (exact) mass is 211 g/mol. The first-order chi connectivity index (χ1) is 6.97. The van der Waals surface area contributed by atoms with Crippen LogP contribution >= 0.6 is 0 Å². The topological polar surface area (TPSA) is 81.1 Å². The Morgan fingerprint density at radius 1 is 1.73 bits per heavy atom. The molecule has 0 aromatic carbocycles. The van der Waals surface area contributed by atoms with Gasteiger partial charge in [0.05, 0.1) is 6.54 Å². The first-order valence-electron chi connectivity index (χ1n) is 4.99. The Hall–Kier alpha value is -1.36. The van der Waals surface area contributed by atoms with Crippen LogP contribution < -0.4 is 5.73 Å². The van der Waals surface area contributed by atoms with E-state index in [1.807, 2.05) is 0 Å². The number of nitrogens with two attached hydrogens (primary N) is 1. The third-order valence-electron chi connectivity index (χ3n) is 2.26. The first-order valence-corrected chi connectivity index (χ1v) is 4.99. The summed E-state index contributed by atoms with van der Waals surface area (Å²) in [5.74, 6) is -0.117. The minimum Gasteiger partial charge on any atom is -0.480 e. The maximum atomic E-state index is 10.9. The molecule has 0 amide bonds. The number of carboxylic acid groups (broad SMARTS) is 1. The Kier molecular flexibility index (Phi) is 3.47. The normalized spacial score (nSPS) is 14.9. The molecule has 1 heterocycles. The summed E-state index contributed by atoms with van der Waals surface area (Å²) in [6, 6.07) is 0. The molecule has 1 aromatic heterocycles. The Labute approximate surface area is 88.9 Å². The molecule has 0 saturated heterocycles. The molecule has 1 aromatic rings. The maximum Gasteiger partial charge on any atom is 0.325 e. The van der Waals surface area contributed by atoms with Crippen molar-refractivity contribution in [3.63, 3.8) is 0 Å². The van der Waals surface area contributed by atoms with Crippen molar-refractivity contribution in [2.75, 3.05) is 0 Å². The molecule has 0 fully saturated rings. The van der Waals surface area contributed by atoms with Crippen molar-refractivity contribution in [3.05, 3.63) is 18.2 Å². The number of hydrogen-bond acceptors (Lipinski definition) is 3. The van der Waals surface area contributed by atoms with Crippen LogP contribution in [0.15, 0.2) is 12.4 Å². The van der Waals surface area contributed by atoms with Gasteiger partial charge in [-0.05, 0) is 13.3 Å². The van der Waals surface area contributed by atoms with Gasteiger partial charge in [0, 0.05) is 18.8 Å². The standard InChI is InChI=1S/C10H17N3O2/c1-3-4-8-12-5-6-13(8)7-10(2,11)9(14)15/h5-6H,3-4,7,11H2,1-2H3,(H,14,15). The molecule has 1 atom stereocenters. The van der Waals surface area contributed by atoms with E-state index in [0.717, 1.165) is 18.7 Å². The largest absolute Gasteiger partial charge is 0.480 e. The van der Waals surface area contributed by atoms with Gasteiger partial charge in [-0.1, -0.05) is 6.92 Å². The summed E-state index contributed by atoms with van der Waals surface area (Å²) in [5, 5.41) is 8.90. The van der Waals surface area contributed by atoms with Crippen molar-refractivity contribution in [3.8, 4) is 0 Å². The van der Waals surface area contributed by atoms with E-state index in [0.29, 0.717) is 0 Å². The zero-order valence-corrected chi connectivity index (χ0v) is 9.10. The van der Waals surface area contributed by atoms with Crippen molar-refractivity contribution in [1.82, 2.24) is 9.55 Å². The quantitative estimate of drug-likeness (QED) is 0.748. The van der Waals surface area contributed by atoms with Crippen LogP contribution in [-0.2, 0) is 17.8 Å². The number of aromatic nitrogens is 2. The third kappa shape index (κ3) is 2.79. The zero-order valence-electron chi connectivity index (χ0n) is 9.10. The molecule has 0 spiro atoms. The maximum absolute atomic E-state index is 10.9. The second kappa shape index (κ2) is 4.44. The molecule has 5 heteroatoms. The van der Waals surface area contributed by atoms with E-state index in [1.165, 1.54) is 6.92 Å². The number of hydrogen-bond donors (Lipinski definition) is 2. The Balaban J connectivity index is 2.80. The van der Waals surface area contributed by atoms with E-state index < -0.39 is 11.5 Å². The van der Waals surface area contributed by atoms with E-state index in [1.54, 1.807) is 17.0 Å². The fraction of sp³-hybridized carbons (Fsp3) is 0.600. The molecule has 15 heavy (non-hydrogen) atoms. The van der Waals surface area contributed by atoms with Gasteiger partial charge in [-0.25, -0.2) is 4.98 Å². The van der Waals surface area contributed by atoms with Gasteiger partial charge < -0.3 is 15.4 Å². The van der Waals surface area contributed by atoms with Gasteiger partial charge in [0.25, 0.3) is 0 Å². The van der Waals surface area contributed by atoms with E-state index in [4.69, 9.17) is 10.8 Å². The molecular formula is C10H17N3O2. The Bertz CT molecular complexity index is 344. The summed E-state index contributed by atoms with van der Waals surface area (Å²) < 4.78 is 1.80. The van der Waals surface area contributed by atoms with Gasteiger partial charge in [-0.3, -0.25) is 4.79 Å². The number of aryl methyl sites for hydroxylation is 1. The molecule has 0 aliphatic rings. The van der Waals surface area contributed by atoms with Crippen LogP contribution in [0.3, 0.4) is 0 Å². The van der Waals surface area contributed by atoms with Crippen LogP contribution in [0.25, 0.3) is 0 Å². The molecule has 3 N–H and O–H groups in total. The fourth-order valence-corrected chi connectivity index (χ4v) is 1.36. The second-order valence-corrected chi connectivity index (χ2v) is 3.94. The molecule has 0 radical (unpaired) electrons. The van der Waals surface area contributed by atoms with Crippen molar-refractivity contribution < 1.29 is 9.90 Å². The SMILES string of the molecule is CCCc1nccn1CC(C)(N)C(=O)O. The number of aliphatic carboxylic acids is 1. The lowest BCUT2D eigenvalue weighted by molar-refractivity contribution is -0.143. The highest BCUT2D eigenvalue weighted by Crippen LogP contribution is 2.08. The number of carbonyl (C=O) groups is 1. The molecule has 84 valence electrons. The molecule has 0 aliphatic heterocycles. The first kappa shape index (κ1) is 11.7. The Morgan fingerprint density at radius 3 is 2.93 bits per heavy atom. The van der Waals surface area contributed by atoms with E-state index in [9.17, 15) is 4.79 Å². The lowest BCUT2D eigenvalue weighted by atomic mass is 10.0. The molecule has 1 unspecified atom stereocenters. The number of rotatable bonds is 5. The summed E-state index contributed by atoms with van der Waals surface area (Å²) in [6.45, 7) is 3.81. The highest BCUT2D eigenvalue weighted by Gasteiger charge is 2.28. The van der Waals surface area contributed by atoms with Crippen molar-refractivity contribution >= 4 is 5.97 Å². The van der Waals surface area contributed by atoms with Crippen molar-refractivity contribution in [2.45, 2.75) is 38.8 Å². The second-order valence-electron chi connectivity index (χ2n) is 3.94. The summed E-state index contributed by atoms with van der Waals surface area (Å²) in [5.41, 5.74) is 4.42. The molecule has 5 nitrogen and oxygen atoms in total. The zero-order chi connectivity index (χ0) is 11.5. The van der Waals surface area contributed by atoms with Crippen LogP contribution in [-0.4, -0.2) is 26.2 Å². The average Bonchev–Trinajstić information content (AvgIpc) is 2.52. The highest BCUT2D eigenvalue weighted by molar-refractivity contribution is 5.77. The minimum atomic E-state index is -1.25. The molecule has 0 bridgehead atoms. The smallest absolute Gasteiger partial charge is 0.325 e. The highest BCUT2D eigenvalue weighted by atomic mass is 16.4. The molecule has 0 aliphatic carbocycles. The minimum absolute atomic E-state index is 0.248. The molecule has 0 saturated carbocycles. The van der Waals surface area contributed by atoms with Gasteiger partial charge in [0.1, 0.15) is 11.4 Å². The third-order valence-corrected chi connectivity index (χ3v) is 2.26. The van der Waals surface area contributed by atoms with Crippen LogP contribution in [0.2, 0.25) is 0 Å². The summed E-state index contributed by atoms with van der Waals surface area (Å²) in [7, 11) is 0. The van der Waals surface area contributed by atoms with Gasteiger partial charge in [0.15, 0.2) is 0 Å². The predicted octanol–water partition coefficient (Wildman–Crippen LogP) is 0.638.